The Kier molecular flexibility index (Phi) is 6.37. The number of aromatic nitrogens is 2. The van der Waals surface area contributed by atoms with Crippen LogP contribution in [0.5, 0.6) is 0 Å². The average molecular weight is 430 g/mol. The maximum Gasteiger partial charge on any atom is 0.309 e. The molecule has 2 aromatic rings. The van der Waals surface area contributed by atoms with Crippen molar-refractivity contribution in [1.82, 2.24) is 15.1 Å². The summed E-state index contributed by atoms with van der Waals surface area (Å²) in [4.78, 5) is 37.0. The van der Waals surface area contributed by atoms with E-state index in [4.69, 9.17) is 9.15 Å². The summed E-state index contributed by atoms with van der Waals surface area (Å²) in [5, 5.41) is 18.6. The number of hydrogen-bond donors (Lipinski definition) is 0. The maximum absolute atomic E-state index is 12.6. The number of carbonyl (C=O) groups excluding carboxylic acids is 2. The lowest BCUT2D eigenvalue weighted by Gasteiger charge is -2.35. The highest BCUT2D eigenvalue weighted by atomic mass is 16.6. The molecular formula is C21H26N4O6. The van der Waals surface area contributed by atoms with Crippen molar-refractivity contribution in [3.63, 3.8) is 0 Å². The molecule has 3 rings (SSSR count). The number of esters is 1. The van der Waals surface area contributed by atoms with Gasteiger partial charge >= 0.3 is 5.97 Å². The van der Waals surface area contributed by atoms with Crippen LogP contribution < -0.4 is 0 Å². The molecule has 10 heteroatoms. The Bertz CT molecular complexity index is 955. The summed E-state index contributed by atoms with van der Waals surface area (Å²) in [6, 6.07) is 5.72. The number of piperidine rings is 1. The summed E-state index contributed by atoms with van der Waals surface area (Å²) in [5.74, 6) is -0.241. The highest BCUT2D eigenvalue weighted by Crippen LogP contribution is 2.28. The first-order valence-electron chi connectivity index (χ1n) is 10.1. The molecule has 2 heterocycles. The molecule has 1 saturated heterocycles. The van der Waals surface area contributed by atoms with Crippen molar-refractivity contribution in [3.8, 4) is 11.5 Å². The first-order valence-corrected chi connectivity index (χ1v) is 10.1. The van der Waals surface area contributed by atoms with Crippen LogP contribution in [0.15, 0.2) is 28.7 Å². The Hall–Kier alpha value is -3.30. The number of hydrogen-bond acceptors (Lipinski definition) is 8. The van der Waals surface area contributed by atoms with Crippen molar-refractivity contribution in [2.24, 2.45) is 11.3 Å². The summed E-state index contributed by atoms with van der Waals surface area (Å²) in [7, 11) is 0. The number of benzene rings is 1. The largest absolute Gasteiger partial charge is 0.452 e. The van der Waals surface area contributed by atoms with Crippen LogP contribution in [0.4, 0.5) is 5.69 Å². The molecule has 0 spiro atoms. The zero-order valence-corrected chi connectivity index (χ0v) is 18.0. The molecule has 0 saturated carbocycles. The Balaban J connectivity index is 1.56. The van der Waals surface area contributed by atoms with E-state index in [0.29, 0.717) is 31.5 Å². The minimum Gasteiger partial charge on any atom is -0.452 e. The summed E-state index contributed by atoms with van der Waals surface area (Å²) in [6.45, 7) is 8.33. The van der Waals surface area contributed by atoms with Crippen LogP contribution in [-0.2, 0) is 14.3 Å². The van der Waals surface area contributed by atoms with Crippen LogP contribution in [0.1, 0.15) is 52.5 Å². The van der Waals surface area contributed by atoms with E-state index in [-0.39, 0.29) is 35.3 Å². The van der Waals surface area contributed by atoms with Crippen LogP contribution >= 0.6 is 0 Å². The number of likely N-dealkylation sites (tertiary alicyclic amines) is 1. The van der Waals surface area contributed by atoms with Gasteiger partial charge < -0.3 is 14.1 Å². The van der Waals surface area contributed by atoms with Gasteiger partial charge in [-0.05, 0) is 31.9 Å². The summed E-state index contributed by atoms with van der Waals surface area (Å²) < 4.78 is 11.1. The molecule has 0 radical (unpaired) electrons. The molecule has 1 unspecified atom stereocenters. The van der Waals surface area contributed by atoms with Crippen molar-refractivity contribution in [3.05, 3.63) is 40.3 Å². The Labute approximate surface area is 179 Å². The first kappa shape index (κ1) is 22.4. The number of carbonyl (C=O) groups is 2. The van der Waals surface area contributed by atoms with Gasteiger partial charge in [-0.25, -0.2) is 0 Å². The van der Waals surface area contributed by atoms with Crippen LogP contribution in [0.3, 0.4) is 0 Å². The van der Waals surface area contributed by atoms with E-state index in [9.17, 15) is 19.7 Å². The molecule has 1 atom stereocenters. The van der Waals surface area contributed by atoms with E-state index in [1.807, 2.05) is 20.8 Å². The third-order valence-electron chi connectivity index (χ3n) is 5.16. The average Bonchev–Trinajstić information content (AvgIpc) is 3.23. The molecule has 1 aliphatic rings. The van der Waals surface area contributed by atoms with E-state index < -0.39 is 16.4 Å². The van der Waals surface area contributed by atoms with Gasteiger partial charge in [0, 0.05) is 36.2 Å². The number of non-ortho nitro benzene ring substituents is 1. The smallest absolute Gasteiger partial charge is 0.309 e. The zero-order chi connectivity index (χ0) is 22.8. The van der Waals surface area contributed by atoms with Crippen LogP contribution in [0, 0.1) is 21.4 Å². The molecule has 1 fully saturated rings. The minimum atomic E-state index is -0.735. The standard InChI is InChI=1S/C21H26N4O6/c1-13(17-22-23-18(31-17)14-5-7-16(8-6-14)25(28)29)30-19(26)15-9-11-24(12-10-15)20(27)21(2,3)4/h5-8,13,15H,9-12H2,1-4H3. The van der Waals surface area contributed by atoms with E-state index in [1.165, 1.54) is 24.3 Å². The maximum atomic E-state index is 12.6. The van der Waals surface area contributed by atoms with Crippen molar-refractivity contribution >= 4 is 17.6 Å². The van der Waals surface area contributed by atoms with E-state index >= 15 is 0 Å². The molecule has 10 nitrogen and oxygen atoms in total. The van der Waals surface area contributed by atoms with Crippen LogP contribution in [0.2, 0.25) is 0 Å². The van der Waals surface area contributed by atoms with Gasteiger partial charge in [0.05, 0.1) is 10.8 Å². The molecule has 0 N–H and O–H groups in total. The van der Waals surface area contributed by atoms with Gasteiger partial charge in [0.2, 0.25) is 11.8 Å². The van der Waals surface area contributed by atoms with Gasteiger partial charge in [0.25, 0.3) is 11.6 Å². The van der Waals surface area contributed by atoms with E-state index in [0.717, 1.165) is 0 Å². The lowest BCUT2D eigenvalue weighted by molar-refractivity contribution is -0.384. The lowest BCUT2D eigenvalue weighted by Crippen LogP contribution is -2.45. The Morgan fingerprint density at radius 3 is 2.35 bits per heavy atom. The summed E-state index contributed by atoms with van der Waals surface area (Å²) >= 11 is 0. The summed E-state index contributed by atoms with van der Waals surface area (Å²) in [6.07, 6.45) is 0.359. The van der Waals surface area contributed by atoms with Gasteiger partial charge in [-0.15, -0.1) is 10.2 Å². The van der Waals surface area contributed by atoms with E-state index in [2.05, 4.69) is 10.2 Å². The SMILES string of the molecule is CC(OC(=O)C1CCN(C(=O)C(C)(C)C)CC1)c1nnc(-c2ccc([N+](=O)[O-])cc2)o1. The number of nitro benzene ring substituents is 1. The highest BCUT2D eigenvalue weighted by molar-refractivity contribution is 5.82. The van der Waals surface area contributed by atoms with Gasteiger partial charge in [-0.2, -0.15) is 0 Å². The second-order valence-electron chi connectivity index (χ2n) is 8.65. The quantitative estimate of drug-likeness (QED) is 0.400. The third kappa shape index (κ3) is 5.25. The number of amides is 1. The summed E-state index contributed by atoms with van der Waals surface area (Å²) in [5.41, 5.74) is 0.0427. The van der Waals surface area contributed by atoms with Crippen molar-refractivity contribution in [2.45, 2.75) is 46.6 Å². The fourth-order valence-corrected chi connectivity index (χ4v) is 3.35. The number of nitrogens with zero attached hydrogens (tertiary/aromatic N) is 4. The lowest BCUT2D eigenvalue weighted by atomic mass is 9.91. The molecule has 1 amide bonds. The van der Waals surface area contributed by atoms with Crippen molar-refractivity contribution in [2.75, 3.05) is 13.1 Å². The normalized spacial score (nSPS) is 16.1. The number of rotatable bonds is 5. The van der Waals surface area contributed by atoms with Crippen molar-refractivity contribution < 1.29 is 23.7 Å². The van der Waals surface area contributed by atoms with Gasteiger partial charge in [0.15, 0.2) is 6.10 Å². The molecule has 1 aromatic carbocycles. The van der Waals surface area contributed by atoms with E-state index in [1.54, 1.807) is 11.8 Å². The highest BCUT2D eigenvalue weighted by Gasteiger charge is 2.34. The van der Waals surface area contributed by atoms with Crippen LogP contribution in [-0.4, -0.2) is 45.0 Å². The second kappa shape index (κ2) is 8.83. The van der Waals surface area contributed by atoms with Gasteiger partial charge in [-0.3, -0.25) is 19.7 Å². The van der Waals surface area contributed by atoms with Crippen LogP contribution in [0.25, 0.3) is 11.5 Å². The first-order chi connectivity index (χ1) is 14.6. The molecule has 0 aliphatic carbocycles. The minimum absolute atomic E-state index is 0.0407. The third-order valence-corrected chi connectivity index (χ3v) is 5.16. The Morgan fingerprint density at radius 2 is 1.81 bits per heavy atom. The molecular weight excluding hydrogens is 404 g/mol. The molecule has 0 bridgehead atoms. The van der Waals surface area contributed by atoms with Gasteiger partial charge in [0.1, 0.15) is 0 Å². The fourth-order valence-electron chi connectivity index (χ4n) is 3.35. The molecule has 1 aromatic heterocycles. The molecule has 31 heavy (non-hydrogen) atoms. The zero-order valence-electron chi connectivity index (χ0n) is 18.0. The predicted octanol–water partition coefficient (Wildman–Crippen LogP) is 3.53. The number of nitro groups is 1. The fraction of sp³-hybridized carbons (Fsp3) is 0.524. The van der Waals surface area contributed by atoms with Crippen molar-refractivity contribution in [1.29, 1.82) is 0 Å². The number of ether oxygens (including phenoxy) is 1. The topological polar surface area (TPSA) is 129 Å². The second-order valence-corrected chi connectivity index (χ2v) is 8.65. The molecule has 166 valence electrons. The molecule has 1 aliphatic heterocycles. The Morgan fingerprint density at radius 1 is 1.19 bits per heavy atom. The predicted molar refractivity (Wildman–Crippen MR) is 110 cm³/mol. The van der Waals surface area contributed by atoms with Gasteiger partial charge in [-0.1, -0.05) is 20.8 Å². The monoisotopic (exact) mass is 430 g/mol.